The van der Waals surface area contributed by atoms with E-state index >= 15 is 0 Å². The standard InChI is InChI=1S/C9H9Cl.C2H6/c1-7-3-5-9(6-4-7)8(2)10;1-2/h3-6H,2H2,1H3;1-2H3. The molecule has 0 aliphatic heterocycles. The Bertz CT molecular complexity index is 234. The van der Waals surface area contributed by atoms with E-state index in [1.165, 1.54) is 5.56 Å². The maximum Gasteiger partial charge on any atom is 0.0406 e. The second-order valence-corrected chi connectivity index (χ2v) is 2.73. The third-order valence-electron chi connectivity index (χ3n) is 1.36. The molecule has 0 saturated heterocycles. The average Bonchev–Trinajstić information content (AvgIpc) is 2.09. The van der Waals surface area contributed by atoms with Gasteiger partial charge < -0.3 is 0 Å². The summed E-state index contributed by atoms with van der Waals surface area (Å²) in [5.41, 5.74) is 2.23. The molecule has 0 nitrogen and oxygen atoms in total. The van der Waals surface area contributed by atoms with Gasteiger partial charge in [-0.3, -0.25) is 0 Å². The summed E-state index contributed by atoms with van der Waals surface area (Å²) in [5.74, 6) is 0. The van der Waals surface area contributed by atoms with Crippen molar-refractivity contribution >= 4 is 16.6 Å². The summed E-state index contributed by atoms with van der Waals surface area (Å²) >= 11 is 5.66. The number of rotatable bonds is 1. The summed E-state index contributed by atoms with van der Waals surface area (Å²) in [6.45, 7) is 9.66. The Morgan fingerprint density at radius 2 is 1.58 bits per heavy atom. The lowest BCUT2D eigenvalue weighted by Gasteiger charge is -1.96. The largest absolute Gasteiger partial charge is 0.0843 e. The van der Waals surface area contributed by atoms with Gasteiger partial charge in [-0.05, 0) is 12.5 Å². The van der Waals surface area contributed by atoms with Crippen molar-refractivity contribution < 1.29 is 0 Å². The molecule has 1 rings (SSSR count). The van der Waals surface area contributed by atoms with Crippen LogP contribution in [-0.2, 0) is 0 Å². The van der Waals surface area contributed by atoms with Crippen LogP contribution in [0.25, 0.3) is 5.03 Å². The number of hydrogen-bond acceptors (Lipinski definition) is 0. The van der Waals surface area contributed by atoms with Crippen LogP contribution in [0.3, 0.4) is 0 Å². The van der Waals surface area contributed by atoms with Crippen molar-refractivity contribution in [1.29, 1.82) is 0 Å². The molecule has 0 spiro atoms. The third-order valence-corrected chi connectivity index (χ3v) is 1.58. The highest BCUT2D eigenvalue weighted by Gasteiger charge is 1.91. The summed E-state index contributed by atoms with van der Waals surface area (Å²) in [6, 6.07) is 7.96. The first-order valence-corrected chi connectivity index (χ1v) is 4.49. The molecule has 0 aromatic heterocycles. The predicted molar refractivity (Wildman–Crippen MR) is 57.4 cm³/mol. The molecule has 0 atom stereocenters. The van der Waals surface area contributed by atoms with Gasteiger partial charge in [0.1, 0.15) is 0 Å². The van der Waals surface area contributed by atoms with Gasteiger partial charge in [-0.15, -0.1) is 0 Å². The van der Waals surface area contributed by atoms with Gasteiger partial charge in [0.2, 0.25) is 0 Å². The summed E-state index contributed by atoms with van der Waals surface area (Å²) in [4.78, 5) is 0. The summed E-state index contributed by atoms with van der Waals surface area (Å²) < 4.78 is 0. The lowest BCUT2D eigenvalue weighted by Crippen LogP contribution is -1.75. The zero-order valence-electron chi connectivity index (χ0n) is 7.89. The lowest BCUT2D eigenvalue weighted by molar-refractivity contribution is 1.46. The van der Waals surface area contributed by atoms with Crippen molar-refractivity contribution in [1.82, 2.24) is 0 Å². The minimum absolute atomic E-state index is 0.597. The molecule has 0 bridgehead atoms. The fourth-order valence-corrected chi connectivity index (χ4v) is 0.860. The molecular weight excluding hydrogens is 168 g/mol. The minimum atomic E-state index is 0.597. The Morgan fingerprint density at radius 3 is 1.92 bits per heavy atom. The molecule has 0 radical (unpaired) electrons. The van der Waals surface area contributed by atoms with Gasteiger partial charge >= 0.3 is 0 Å². The van der Waals surface area contributed by atoms with E-state index < -0.39 is 0 Å². The Hall–Kier alpha value is -0.750. The molecule has 0 fully saturated rings. The molecule has 1 heteroatoms. The second-order valence-electron chi connectivity index (χ2n) is 2.27. The van der Waals surface area contributed by atoms with Crippen LogP contribution in [-0.4, -0.2) is 0 Å². The van der Waals surface area contributed by atoms with Crippen LogP contribution in [0.5, 0.6) is 0 Å². The van der Waals surface area contributed by atoms with E-state index in [9.17, 15) is 0 Å². The van der Waals surface area contributed by atoms with Gasteiger partial charge in [-0.25, -0.2) is 0 Å². The molecule has 12 heavy (non-hydrogen) atoms. The first-order chi connectivity index (χ1) is 5.70. The van der Waals surface area contributed by atoms with Crippen molar-refractivity contribution in [3.8, 4) is 0 Å². The number of benzene rings is 1. The van der Waals surface area contributed by atoms with Crippen molar-refractivity contribution in [3.05, 3.63) is 42.0 Å². The summed E-state index contributed by atoms with van der Waals surface area (Å²) in [5, 5.41) is 0.597. The zero-order chi connectivity index (χ0) is 9.56. The lowest BCUT2D eigenvalue weighted by atomic mass is 10.1. The fraction of sp³-hybridized carbons (Fsp3) is 0.273. The van der Waals surface area contributed by atoms with E-state index in [1.807, 2.05) is 45.0 Å². The van der Waals surface area contributed by atoms with Crippen LogP contribution in [0.4, 0.5) is 0 Å². The molecule has 0 N–H and O–H groups in total. The maximum atomic E-state index is 5.66. The van der Waals surface area contributed by atoms with Gasteiger partial charge in [0.05, 0.1) is 0 Å². The molecule has 0 saturated carbocycles. The first kappa shape index (κ1) is 11.2. The van der Waals surface area contributed by atoms with E-state index in [1.54, 1.807) is 0 Å². The first-order valence-electron chi connectivity index (χ1n) is 4.11. The molecule has 0 aliphatic rings. The second kappa shape index (κ2) is 5.84. The van der Waals surface area contributed by atoms with E-state index in [0.717, 1.165) is 5.56 Å². The summed E-state index contributed by atoms with van der Waals surface area (Å²) in [6.07, 6.45) is 0. The van der Waals surface area contributed by atoms with E-state index in [2.05, 4.69) is 6.58 Å². The van der Waals surface area contributed by atoms with Crippen LogP contribution < -0.4 is 0 Å². The minimum Gasteiger partial charge on any atom is -0.0843 e. The molecule has 0 unspecified atom stereocenters. The van der Waals surface area contributed by atoms with Crippen LogP contribution >= 0.6 is 11.6 Å². The van der Waals surface area contributed by atoms with Crippen molar-refractivity contribution in [3.63, 3.8) is 0 Å². The third kappa shape index (κ3) is 3.59. The van der Waals surface area contributed by atoms with Crippen molar-refractivity contribution in [2.45, 2.75) is 20.8 Å². The van der Waals surface area contributed by atoms with Crippen LogP contribution in [0, 0.1) is 6.92 Å². The Balaban J connectivity index is 0.000000561. The molecule has 0 aliphatic carbocycles. The van der Waals surface area contributed by atoms with E-state index in [4.69, 9.17) is 11.6 Å². The van der Waals surface area contributed by atoms with Gasteiger partial charge in [0.25, 0.3) is 0 Å². The number of hydrogen-bond donors (Lipinski definition) is 0. The number of halogens is 1. The Morgan fingerprint density at radius 1 is 1.17 bits per heavy atom. The van der Waals surface area contributed by atoms with Gasteiger partial charge in [-0.2, -0.15) is 0 Å². The van der Waals surface area contributed by atoms with Crippen LogP contribution in [0.2, 0.25) is 0 Å². The van der Waals surface area contributed by atoms with Gasteiger partial charge in [0, 0.05) is 5.03 Å². The SMILES string of the molecule is C=C(Cl)c1ccc(C)cc1.CC. The molecule has 0 heterocycles. The molecule has 66 valence electrons. The van der Waals surface area contributed by atoms with Crippen LogP contribution in [0.15, 0.2) is 30.8 Å². The average molecular weight is 183 g/mol. The quantitative estimate of drug-likeness (QED) is 0.610. The Kier molecular flexibility index (Phi) is 5.48. The smallest absolute Gasteiger partial charge is 0.0406 e. The Labute approximate surface area is 79.9 Å². The molecule has 0 amide bonds. The van der Waals surface area contributed by atoms with E-state index in [0.29, 0.717) is 5.03 Å². The monoisotopic (exact) mass is 182 g/mol. The predicted octanol–water partition coefficient (Wildman–Crippen LogP) is 4.23. The molecule has 1 aromatic carbocycles. The highest BCUT2D eigenvalue weighted by atomic mass is 35.5. The zero-order valence-corrected chi connectivity index (χ0v) is 8.65. The maximum absolute atomic E-state index is 5.66. The normalized spacial score (nSPS) is 8.33. The van der Waals surface area contributed by atoms with Gasteiger partial charge in [0.15, 0.2) is 0 Å². The topological polar surface area (TPSA) is 0 Å². The van der Waals surface area contributed by atoms with Gasteiger partial charge in [-0.1, -0.05) is 61.9 Å². The van der Waals surface area contributed by atoms with Crippen LogP contribution in [0.1, 0.15) is 25.0 Å². The van der Waals surface area contributed by atoms with Crippen molar-refractivity contribution in [2.75, 3.05) is 0 Å². The number of aryl methyl sites for hydroxylation is 1. The highest BCUT2D eigenvalue weighted by Crippen LogP contribution is 2.15. The van der Waals surface area contributed by atoms with Crippen molar-refractivity contribution in [2.24, 2.45) is 0 Å². The fourth-order valence-electron chi connectivity index (χ4n) is 0.734. The summed E-state index contributed by atoms with van der Waals surface area (Å²) in [7, 11) is 0. The molecule has 1 aromatic rings. The van der Waals surface area contributed by atoms with E-state index in [-0.39, 0.29) is 0 Å². The highest BCUT2D eigenvalue weighted by molar-refractivity contribution is 6.48. The molecular formula is C11H15Cl.